The number of aliphatic hydroxyl groups excluding tert-OH is 1. The molecule has 5 heteroatoms. The van der Waals surface area contributed by atoms with Crippen molar-refractivity contribution in [3.63, 3.8) is 0 Å². The van der Waals surface area contributed by atoms with Gasteiger partial charge in [0, 0.05) is 12.8 Å². The van der Waals surface area contributed by atoms with Crippen LogP contribution in [0.15, 0.2) is 18.2 Å². The number of rotatable bonds is 3. The molecule has 1 aliphatic carbocycles. The number of nitrogens with zero attached hydrogens (tertiary/aromatic N) is 1. The number of aromatic nitrogens is 1. The van der Waals surface area contributed by atoms with Crippen LogP contribution in [0.25, 0.3) is 0 Å². The zero-order valence-electron chi connectivity index (χ0n) is 10.6. The summed E-state index contributed by atoms with van der Waals surface area (Å²) >= 11 is 0. The van der Waals surface area contributed by atoms with Gasteiger partial charge in [-0.15, -0.1) is 0 Å². The Kier molecular flexibility index (Phi) is 3.93. The number of methoxy groups -OCH3 is 1. The van der Waals surface area contributed by atoms with Gasteiger partial charge in [-0.2, -0.15) is 0 Å². The second-order valence-electron chi connectivity index (χ2n) is 4.59. The molecule has 18 heavy (non-hydrogen) atoms. The fourth-order valence-electron chi connectivity index (χ4n) is 2.27. The highest BCUT2D eigenvalue weighted by atomic mass is 16.5. The third-order valence-electron chi connectivity index (χ3n) is 3.30. The van der Waals surface area contributed by atoms with Crippen LogP contribution in [0, 0.1) is 6.92 Å². The van der Waals surface area contributed by atoms with Crippen molar-refractivity contribution in [2.75, 3.05) is 7.11 Å². The van der Waals surface area contributed by atoms with E-state index in [0.717, 1.165) is 18.5 Å². The lowest BCUT2D eigenvalue weighted by Gasteiger charge is -2.19. The summed E-state index contributed by atoms with van der Waals surface area (Å²) in [6.07, 6.45) is 0.630. The Morgan fingerprint density at radius 2 is 2.28 bits per heavy atom. The molecular weight excluding hydrogens is 232 g/mol. The van der Waals surface area contributed by atoms with Gasteiger partial charge in [-0.05, 0) is 31.9 Å². The van der Waals surface area contributed by atoms with Crippen LogP contribution in [0.2, 0.25) is 0 Å². The predicted octanol–water partition coefficient (Wildman–Crippen LogP) is 0.658. The number of amides is 1. The molecule has 1 aromatic rings. The van der Waals surface area contributed by atoms with Crippen molar-refractivity contribution < 1.29 is 14.6 Å². The first-order valence-corrected chi connectivity index (χ1v) is 6.07. The molecule has 0 radical (unpaired) electrons. The average molecular weight is 250 g/mol. The summed E-state index contributed by atoms with van der Waals surface area (Å²) in [7, 11) is 1.57. The quantitative estimate of drug-likeness (QED) is 0.826. The Labute approximate surface area is 106 Å². The molecule has 1 amide bonds. The van der Waals surface area contributed by atoms with Crippen molar-refractivity contribution >= 4 is 5.91 Å². The molecule has 0 spiro atoms. The van der Waals surface area contributed by atoms with Gasteiger partial charge in [0.15, 0.2) is 0 Å². The minimum Gasteiger partial charge on any atom is -0.388 e. The summed E-state index contributed by atoms with van der Waals surface area (Å²) in [5.74, 6) is -0.250. The Bertz CT molecular complexity index is 436. The number of nitrogens with one attached hydrogen (secondary N) is 1. The molecule has 1 fully saturated rings. The highest BCUT2D eigenvalue weighted by Crippen LogP contribution is 2.22. The van der Waals surface area contributed by atoms with Crippen LogP contribution in [0.3, 0.4) is 0 Å². The fourth-order valence-corrected chi connectivity index (χ4v) is 2.27. The second kappa shape index (κ2) is 5.46. The van der Waals surface area contributed by atoms with Gasteiger partial charge in [0.2, 0.25) is 0 Å². The number of aliphatic hydroxyl groups is 1. The topological polar surface area (TPSA) is 71.5 Å². The number of carbonyl (C=O) groups is 1. The second-order valence-corrected chi connectivity index (χ2v) is 4.59. The summed E-state index contributed by atoms with van der Waals surface area (Å²) in [5.41, 5.74) is 1.17. The third kappa shape index (κ3) is 2.68. The molecule has 1 heterocycles. The number of ether oxygens (including phenoxy) is 1. The minimum absolute atomic E-state index is 0.194. The first-order valence-electron chi connectivity index (χ1n) is 6.07. The average Bonchev–Trinajstić information content (AvgIpc) is 2.70. The molecule has 0 aliphatic heterocycles. The van der Waals surface area contributed by atoms with E-state index in [1.165, 1.54) is 0 Å². The van der Waals surface area contributed by atoms with Gasteiger partial charge in [0.25, 0.3) is 5.91 Å². The summed E-state index contributed by atoms with van der Waals surface area (Å²) in [5, 5.41) is 12.7. The van der Waals surface area contributed by atoms with E-state index in [0.29, 0.717) is 5.69 Å². The van der Waals surface area contributed by atoms with Crippen molar-refractivity contribution in [3.05, 3.63) is 29.6 Å². The molecule has 5 nitrogen and oxygen atoms in total. The van der Waals surface area contributed by atoms with Crippen LogP contribution in [0.1, 0.15) is 29.0 Å². The SMILES string of the molecule is CO[C@@H]1CC[C@@H](NC(=O)c2cccc(C)n2)[C@H]1O. The maximum Gasteiger partial charge on any atom is 0.270 e. The van der Waals surface area contributed by atoms with E-state index in [2.05, 4.69) is 10.3 Å². The third-order valence-corrected chi connectivity index (χ3v) is 3.30. The van der Waals surface area contributed by atoms with Crippen LogP contribution >= 0.6 is 0 Å². The molecule has 1 aromatic heterocycles. The van der Waals surface area contributed by atoms with Gasteiger partial charge in [0.05, 0.1) is 12.1 Å². The lowest BCUT2D eigenvalue weighted by Crippen LogP contribution is -2.43. The van der Waals surface area contributed by atoms with E-state index in [9.17, 15) is 9.90 Å². The summed E-state index contributed by atoms with van der Waals surface area (Å²) in [6, 6.07) is 5.03. The zero-order valence-corrected chi connectivity index (χ0v) is 10.6. The molecule has 0 saturated heterocycles. The van der Waals surface area contributed by atoms with Crippen LogP contribution in [-0.2, 0) is 4.74 Å². The van der Waals surface area contributed by atoms with E-state index >= 15 is 0 Å². The van der Waals surface area contributed by atoms with E-state index in [-0.39, 0.29) is 18.1 Å². The first-order chi connectivity index (χ1) is 8.61. The number of hydrogen-bond donors (Lipinski definition) is 2. The molecule has 1 aliphatic rings. The van der Waals surface area contributed by atoms with Gasteiger partial charge < -0.3 is 15.2 Å². The van der Waals surface area contributed by atoms with Gasteiger partial charge in [0.1, 0.15) is 11.8 Å². The standard InChI is InChI=1S/C13H18N2O3/c1-8-4-3-5-10(14-8)13(17)15-9-6-7-11(18-2)12(9)16/h3-5,9,11-12,16H,6-7H2,1-2H3,(H,15,17)/t9-,11-,12-/m1/s1. The normalized spacial score (nSPS) is 27.2. The Morgan fingerprint density at radius 3 is 2.89 bits per heavy atom. The van der Waals surface area contributed by atoms with Crippen molar-refractivity contribution in [1.82, 2.24) is 10.3 Å². The molecule has 98 valence electrons. The smallest absolute Gasteiger partial charge is 0.270 e. The van der Waals surface area contributed by atoms with Gasteiger partial charge >= 0.3 is 0 Å². The van der Waals surface area contributed by atoms with Crippen LogP contribution < -0.4 is 5.32 Å². The minimum atomic E-state index is -0.649. The van der Waals surface area contributed by atoms with E-state index in [1.54, 1.807) is 19.2 Å². The Balaban J connectivity index is 2.00. The molecular formula is C13H18N2O3. The van der Waals surface area contributed by atoms with Crippen molar-refractivity contribution in [2.45, 2.75) is 38.0 Å². The number of pyridine rings is 1. The van der Waals surface area contributed by atoms with Gasteiger partial charge in [-0.1, -0.05) is 6.07 Å². The van der Waals surface area contributed by atoms with Crippen LogP contribution in [0.5, 0.6) is 0 Å². The lowest BCUT2D eigenvalue weighted by atomic mass is 10.2. The molecule has 0 aromatic carbocycles. The summed E-state index contributed by atoms with van der Waals surface area (Å²) in [6.45, 7) is 1.84. The largest absolute Gasteiger partial charge is 0.388 e. The molecule has 2 N–H and O–H groups in total. The fraction of sp³-hybridized carbons (Fsp3) is 0.538. The highest BCUT2D eigenvalue weighted by molar-refractivity contribution is 5.92. The number of aryl methyl sites for hydroxylation is 1. The molecule has 3 atom stereocenters. The maximum atomic E-state index is 12.0. The van der Waals surface area contributed by atoms with Crippen LogP contribution in [0.4, 0.5) is 0 Å². The van der Waals surface area contributed by atoms with E-state index in [4.69, 9.17) is 4.74 Å². The predicted molar refractivity (Wildman–Crippen MR) is 66.3 cm³/mol. The molecule has 0 unspecified atom stereocenters. The zero-order chi connectivity index (χ0) is 13.1. The molecule has 0 bridgehead atoms. The molecule has 2 rings (SSSR count). The Morgan fingerprint density at radius 1 is 1.50 bits per heavy atom. The monoisotopic (exact) mass is 250 g/mol. The van der Waals surface area contributed by atoms with E-state index < -0.39 is 6.10 Å². The summed E-state index contributed by atoms with van der Waals surface area (Å²) in [4.78, 5) is 16.1. The lowest BCUT2D eigenvalue weighted by molar-refractivity contribution is 0.000181. The van der Waals surface area contributed by atoms with Gasteiger partial charge in [-0.25, -0.2) is 4.98 Å². The maximum absolute atomic E-state index is 12.0. The van der Waals surface area contributed by atoms with Crippen LogP contribution in [-0.4, -0.2) is 41.4 Å². The Hall–Kier alpha value is -1.46. The van der Waals surface area contributed by atoms with Crippen molar-refractivity contribution in [2.24, 2.45) is 0 Å². The van der Waals surface area contributed by atoms with Crippen molar-refractivity contribution in [3.8, 4) is 0 Å². The number of carbonyl (C=O) groups excluding carboxylic acids is 1. The number of hydrogen-bond acceptors (Lipinski definition) is 4. The first kappa shape index (κ1) is 13.0. The summed E-state index contributed by atoms with van der Waals surface area (Å²) < 4.78 is 5.14. The van der Waals surface area contributed by atoms with E-state index in [1.807, 2.05) is 13.0 Å². The van der Waals surface area contributed by atoms with Crippen molar-refractivity contribution in [1.29, 1.82) is 0 Å². The highest BCUT2D eigenvalue weighted by Gasteiger charge is 2.35. The van der Waals surface area contributed by atoms with Gasteiger partial charge in [-0.3, -0.25) is 4.79 Å². The molecule has 1 saturated carbocycles.